The molecule has 0 unspecified atom stereocenters. The number of rotatable bonds is 5. The van der Waals surface area contributed by atoms with Crippen LogP contribution in [0.4, 0.5) is 0 Å². The van der Waals surface area contributed by atoms with Crippen LogP contribution in [-0.2, 0) is 16.1 Å². The summed E-state index contributed by atoms with van der Waals surface area (Å²) < 4.78 is 9.94. The Morgan fingerprint density at radius 2 is 2.00 bits per heavy atom. The number of benzene rings is 1. The zero-order chi connectivity index (χ0) is 11.1. The summed E-state index contributed by atoms with van der Waals surface area (Å²) in [5, 5.41) is 0. The lowest BCUT2D eigenvalue weighted by molar-refractivity contribution is 0.0600. The third-order valence-corrected chi connectivity index (χ3v) is 2.25. The highest BCUT2D eigenvalue weighted by Gasteiger charge is 2.03. The summed E-state index contributed by atoms with van der Waals surface area (Å²) in [5.74, 6) is 0.366. The quantitative estimate of drug-likeness (QED) is 0.438. The molecule has 0 fully saturated rings. The van der Waals surface area contributed by atoms with Crippen molar-refractivity contribution in [2.75, 3.05) is 19.3 Å². The molecule has 0 spiro atoms. The fraction of sp³-hybridized carbons (Fsp3) is 0.364. The van der Waals surface area contributed by atoms with Crippen molar-refractivity contribution in [1.82, 2.24) is 0 Å². The van der Waals surface area contributed by atoms with Crippen molar-refractivity contribution < 1.29 is 14.3 Å². The van der Waals surface area contributed by atoms with Gasteiger partial charge in [0.25, 0.3) is 0 Å². The molecule has 15 heavy (non-hydrogen) atoms. The van der Waals surface area contributed by atoms with Crippen molar-refractivity contribution in [3.63, 3.8) is 0 Å². The van der Waals surface area contributed by atoms with E-state index in [2.05, 4.69) is 4.74 Å². The van der Waals surface area contributed by atoms with Gasteiger partial charge in [-0.25, -0.2) is 4.79 Å². The Morgan fingerprint density at radius 1 is 1.33 bits per heavy atom. The molecule has 0 amide bonds. The fourth-order valence-electron chi connectivity index (χ4n) is 1.10. The number of carbonyl (C=O) groups is 1. The van der Waals surface area contributed by atoms with Gasteiger partial charge in [0.05, 0.1) is 25.2 Å². The SMILES string of the molecule is COC(=O)c1ccc(COCSC)cc1. The summed E-state index contributed by atoms with van der Waals surface area (Å²) in [6, 6.07) is 7.21. The molecule has 0 atom stereocenters. The molecule has 0 bridgehead atoms. The van der Waals surface area contributed by atoms with Gasteiger partial charge in [-0.2, -0.15) is 0 Å². The maximum atomic E-state index is 11.1. The molecular weight excluding hydrogens is 212 g/mol. The van der Waals surface area contributed by atoms with E-state index in [1.54, 1.807) is 23.9 Å². The maximum Gasteiger partial charge on any atom is 0.337 e. The van der Waals surface area contributed by atoms with E-state index in [1.807, 2.05) is 18.4 Å². The first-order valence-electron chi connectivity index (χ1n) is 4.52. The standard InChI is InChI=1S/C11H14O3S/c1-13-11(12)10-5-3-9(4-6-10)7-14-8-15-2/h3-6H,7-8H2,1-2H3. The molecule has 1 rings (SSSR count). The van der Waals surface area contributed by atoms with Gasteiger partial charge >= 0.3 is 5.97 Å². The Labute approximate surface area is 93.8 Å². The van der Waals surface area contributed by atoms with Gasteiger partial charge < -0.3 is 9.47 Å². The van der Waals surface area contributed by atoms with Crippen molar-refractivity contribution in [3.8, 4) is 0 Å². The van der Waals surface area contributed by atoms with Crippen LogP contribution in [0.5, 0.6) is 0 Å². The highest BCUT2D eigenvalue weighted by molar-refractivity contribution is 7.98. The number of methoxy groups -OCH3 is 1. The van der Waals surface area contributed by atoms with Gasteiger partial charge in [-0.15, -0.1) is 11.8 Å². The maximum absolute atomic E-state index is 11.1. The molecule has 3 nitrogen and oxygen atoms in total. The predicted octanol–water partition coefficient (Wildman–Crippen LogP) is 2.31. The Balaban J connectivity index is 2.52. The number of esters is 1. The second kappa shape index (κ2) is 6.48. The summed E-state index contributed by atoms with van der Waals surface area (Å²) in [6.45, 7) is 0.572. The predicted molar refractivity (Wildman–Crippen MR) is 61.0 cm³/mol. The Bertz CT molecular complexity index is 308. The first kappa shape index (κ1) is 12.1. The monoisotopic (exact) mass is 226 g/mol. The highest BCUT2D eigenvalue weighted by atomic mass is 32.2. The van der Waals surface area contributed by atoms with Crippen LogP contribution < -0.4 is 0 Å². The average Bonchev–Trinajstić information content (AvgIpc) is 2.29. The van der Waals surface area contributed by atoms with Gasteiger partial charge in [0.1, 0.15) is 0 Å². The molecule has 82 valence electrons. The Hall–Kier alpha value is -1.00. The van der Waals surface area contributed by atoms with Crippen molar-refractivity contribution in [2.24, 2.45) is 0 Å². The van der Waals surface area contributed by atoms with Crippen molar-refractivity contribution in [2.45, 2.75) is 6.61 Å². The van der Waals surface area contributed by atoms with Crippen molar-refractivity contribution in [3.05, 3.63) is 35.4 Å². The summed E-state index contributed by atoms with van der Waals surface area (Å²) in [5.41, 5.74) is 1.61. The Kier molecular flexibility index (Phi) is 5.21. The molecule has 0 heterocycles. The number of ether oxygens (including phenoxy) is 2. The molecular formula is C11H14O3S. The van der Waals surface area contributed by atoms with Crippen LogP contribution in [0.25, 0.3) is 0 Å². The largest absolute Gasteiger partial charge is 0.465 e. The molecule has 0 N–H and O–H groups in total. The third kappa shape index (κ3) is 3.93. The first-order valence-corrected chi connectivity index (χ1v) is 5.91. The van der Waals surface area contributed by atoms with Gasteiger partial charge in [-0.05, 0) is 24.0 Å². The molecule has 0 aliphatic rings. The molecule has 0 aliphatic carbocycles. The normalized spacial score (nSPS) is 10.0. The lowest BCUT2D eigenvalue weighted by Gasteiger charge is -2.03. The van der Waals surface area contributed by atoms with Crippen molar-refractivity contribution >= 4 is 17.7 Å². The zero-order valence-electron chi connectivity index (χ0n) is 8.86. The topological polar surface area (TPSA) is 35.5 Å². The molecule has 0 aromatic heterocycles. The van der Waals surface area contributed by atoms with Gasteiger partial charge in [-0.1, -0.05) is 12.1 Å². The van der Waals surface area contributed by atoms with Crippen LogP contribution in [0.15, 0.2) is 24.3 Å². The van der Waals surface area contributed by atoms with E-state index < -0.39 is 0 Å². The zero-order valence-corrected chi connectivity index (χ0v) is 9.67. The van der Waals surface area contributed by atoms with E-state index in [-0.39, 0.29) is 5.97 Å². The highest BCUT2D eigenvalue weighted by Crippen LogP contribution is 2.07. The number of hydrogen-bond acceptors (Lipinski definition) is 4. The minimum Gasteiger partial charge on any atom is -0.465 e. The number of hydrogen-bond donors (Lipinski definition) is 0. The second-order valence-electron chi connectivity index (χ2n) is 2.94. The summed E-state index contributed by atoms with van der Waals surface area (Å²) in [7, 11) is 1.37. The smallest absolute Gasteiger partial charge is 0.337 e. The van der Waals surface area contributed by atoms with Gasteiger partial charge in [0.2, 0.25) is 0 Å². The van der Waals surface area contributed by atoms with Gasteiger partial charge in [-0.3, -0.25) is 0 Å². The molecule has 4 heteroatoms. The number of carbonyl (C=O) groups excluding carboxylic acids is 1. The van der Waals surface area contributed by atoms with E-state index in [0.717, 1.165) is 5.56 Å². The van der Waals surface area contributed by atoms with Crippen LogP contribution in [0, 0.1) is 0 Å². The summed E-state index contributed by atoms with van der Waals surface area (Å²) >= 11 is 1.64. The molecule has 0 aliphatic heterocycles. The molecule has 0 radical (unpaired) electrons. The van der Waals surface area contributed by atoms with Gasteiger partial charge in [0, 0.05) is 0 Å². The molecule has 0 saturated carbocycles. The molecule has 1 aromatic carbocycles. The van der Waals surface area contributed by atoms with E-state index in [0.29, 0.717) is 18.1 Å². The van der Waals surface area contributed by atoms with E-state index in [9.17, 15) is 4.79 Å². The van der Waals surface area contributed by atoms with Crippen LogP contribution in [0.3, 0.4) is 0 Å². The second-order valence-corrected chi connectivity index (χ2v) is 3.76. The minimum absolute atomic E-state index is 0.313. The summed E-state index contributed by atoms with van der Waals surface area (Å²) in [6.07, 6.45) is 1.99. The minimum atomic E-state index is -0.313. The lowest BCUT2D eigenvalue weighted by atomic mass is 10.1. The average molecular weight is 226 g/mol. The van der Waals surface area contributed by atoms with Crippen LogP contribution in [-0.4, -0.2) is 25.3 Å². The third-order valence-electron chi connectivity index (χ3n) is 1.84. The van der Waals surface area contributed by atoms with Gasteiger partial charge in [0.15, 0.2) is 0 Å². The fourth-order valence-corrected chi connectivity index (χ4v) is 1.35. The van der Waals surface area contributed by atoms with Crippen molar-refractivity contribution in [1.29, 1.82) is 0 Å². The Morgan fingerprint density at radius 3 is 2.53 bits per heavy atom. The van der Waals surface area contributed by atoms with Crippen LogP contribution in [0.2, 0.25) is 0 Å². The summed E-state index contributed by atoms with van der Waals surface area (Å²) in [4.78, 5) is 11.1. The lowest BCUT2D eigenvalue weighted by Crippen LogP contribution is -2.01. The van der Waals surface area contributed by atoms with E-state index in [1.165, 1.54) is 7.11 Å². The number of thioether (sulfide) groups is 1. The van der Waals surface area contributed by atoms with Crippen LogP contribution >= 0.6 is 11.8 Å². The molecule has 0 saturated heterocycles. The van der Waals surface area contributed by atoms with E-state index >= 15 is 0 Å². The van der Waals surface area contributed by atoms with Crippen LogP contribution in [0.1, 0.15) is 15.9 Å². The molecule has 1 aromatic rings. The van der Waals surface area contributed by atoms with E-state index in [4.69, 9.17) is 4.74 Å². The first-order chi connectivity index (χ1) is 7.27.